The Morgan fingerprint density at radius 3 is 0.632 bits per heavy atom. The molecule has 0 unspecified atom stereocenters. The fourth-order valence-electron chi connectivity index (χ4n) is 0. The predicted octanol–water partition coefficient (Wildman–Crippen LogP) is -1.53. The van der Waals surface area contributed by atoms with E-state index in [0.717, 1.165) is 0 Å². The van der Waals surface area contributed by atoms with Gasteiger partial charge in [0.1, 0.15) is 0 Å². The summed E-state index contributed by atoms with van der Waals surface area (Å²) in [6.07, 6.45) is 0. The Hall–Kier alpha value is 1.01. The molecule has 0 aromatic carbocycles. The zero-order chi connectivity index (χ0) is 15.6. The van der Waals surface area contributed by atoms with E-state index < -0.39 is 31.2 Å². The maximum Gasteiger partial charge on any atom is 3.00 e. The van der Waals surface area contributed by atoms with Crippen LogP contribution in [0.1, 0.15) is 0 Å². The largest absolute Gasteiger partial charge is 3.00 e. The van der Waals surface area contributed by atoms with Crippen LogP contribution in [-0.2, 0) is 42.4 Å². The van der Waals surface area contributed by atoms with Crippen LogP contribution in [0.15, 0.2) is 0 Å². The first-order valence-electron chi connectivity index (χ1n) is 2.46. The van der Waals surface area contributed by atoms with Gasteiger partial charge in [-0.2, -0.15) is 11.2 Å². The van der Waals surface area contributed by atoms with Crippen LogP contribution < -0.4 is 0 Å². The first-order valence-corrected chi connectivity index (χ1v) is 7.39. The molecule has 0 bridgehead atoms. The van der Waals surface area contributed by atoms with Crippen LogP contribution in [0.4, 0.5) is 0 Å². The molecule has 0 atom stereocenters. The Labute approximate surface area is 134 Å². The minimum Gasteiger partial charge on any atom is -0.725 e. The van der Waals surface area contributed by atoms with Gasteiger partial charge in [-0.05, 0) is 0 Å². The second kappa shape index (κ2) is 12.7. The van der Waals surface area contributed by atoms with E-state index in [9.17, 15) is 0 Å². The Morgan fingerprint density at radius 1 is 0.579 bits per heavy atom. The summed E-state index contributed by atoms with van der Waals surface area (Å²) in [5, 5.41) is 0. The van der Waals surface area contributed by atoms with Crippen LogP contribution in [0.25, 0.3) is 0 Å². The van der Waals surface area contributed by atoms with Crippen molar-refractivity contribution in [1.29, 1.82) is 0 Å². The first-order chi connectivity index (χ1) is 7.68. The number of rotatable bonds is 3. The normalized spacial score (nSPS) is 11.1. The van der Waals surface area contributed by atoms with E-state index in [1.165, 1.54) is 0 Å². The van der Waals surface area contributed by atoms with Gasteiger partial charge in [0.2, 0.25) is 31.2 Å². The molecule has 0 saturated carbocycles. The Kier molecular flexibility index (Phi) is 18.9. The second-order valence-electron chi connectivity index (χ2n) is 1.41. The molecular weight excluding hydrogens is 422 g/mol. The molecular formula is AlCl3O12S3. The molecule has 0 amide bonds. The van der Waals surface area contributed by atoms with Gasteiger partial charge in [0, 0.05) is 0 Å². The smallest absolute Gasteiger partial charge is 0.725 e. The minimum absolute atomic E-state index is 0. The molecule has 0 aromatic heterocycles. The van der Waals surface area contributed by atoms with E-state index in [1.807, 2.05) is 0 Å². The van der Waals surface area contributed by atoms with Crippen LogP contribution >= 0.6 is 35.6 Å². The molecule has 19 heavy (non-hydrogen) atoms. The summed E-state index contributed by atoms with van der Waals surface area (Å²) in [6, 6.07) is 0. The van der Waals surface area contributed by atoms with Crippen LogP contribution in [0.3, 0.4) is 0 Å². The van der Waals surface area contributed by atoms with Gasteiger partial charge in [-0.1, -0.05) is 0 Å². The molecule has 114 valence electrons. The number of hydrogen-bond acceptors (Lipinski definition) is 12. The van der Waals surface area contributed by atoms with Crippen molar-refractivity contribution in [3.8, 4) is 0 Å². The van der Waals surface area contributed by atoms with Crippen molar-refractivity contribution in [3.05, 3.63) is 0 Å². The van der Waals surface area contributed by atoms with Crippen molar-refractivity contribution >= 4 is 84.2 Å². The third-order valence-corrected chi connectivity index (χ3v) is 2.08. The molecule has 0 aliphatic rings. The monoisotopic (exact) mass is 420 g/mol. The molecule has 0 N–H and O–H groups in total. The fourth-order valence-corrected chi connectivity index (χ4v) is 0. The van der Waals surface area contributed by atoms with E-state index >= 15 is 0 Å². The van der Waals surface area contributed by atoms with Gasteiger partial charge < -0.3 is 13.7 Å². The van der Waals surface area contributed by atoms with Gasteiger partial charge in [0.15, 0.2) is 0 Å². The van der Waals surface area contributed by atoms with E-state index in [0.29, 0.717) is 0 Å². The van der Waals surface area contributed by atoms with Gasteiger partial charge in [-0.3, -0.25) is 0 Å². The zero-order valence-electron chi connectivity index (χ0n) is 7.83. The topological polar surface area (TPSA) is 199 Å². The van der Waals surface area contributed by atoms with Crippen molar-refractivity contribution in [2.45, 2.75) is 0 Å². The standard InChI is InChI=1S/Al.3ClHO4S/c;3*1-5-6(2,3)4/h;3*(H,2,3,4)/q+3;;;/p-3. The van der Waals surface area contributed by atoms with Crippen LogP contribution in [0, 0.1) is 0 Å². The van der Waals surface area contributed by atoms with Gasteiger partial charge in [0.25, 0.3) is 0 Å². The molecule has 0 rings (SSSR count). The van der Waals surface area contributed by atoms with E-state index in [1.54, 1.807) is 0 Å². The summed E-state index contributed by atoms with van der Waals surface area (Å²) in [5.74, 6) is 0. The Bertz CT molecular complexity index is 410. The van der Waals surface area contributed by atoms with Gasteiger partial charge >= 0.3 is 17.4 Å². The number of hydrogen-bond donors (Lipinski definition) is 0. The van der Waals surface area contributed by atoms with E-state index in [4.69, 9.17) is 38.9 Å². The summed E-state index contributed by atoms with van der Waals surface area (Å²) in [5.41, 5.74) is 0. The SMILES string of the molecule is O=S(=O)([O-])OCl.O=S(=O)([O-])OCl.O=S(=O)([O-])OCl.[Al+3]. The summed E-state index contributed by atoms with van der Waals surface area (Å²) in [4.78, 5) is 0. The van der Waals surface area contributed by atoms with Crippen molar-refractivity contribution in [2.24, 2.45) is 0 Å². The Morgan fingerprint density at radius 2 is 0.632 bits per heavy atom. The van der Waals surface area contributed by atoms with Crippen LogP contribution in [-0.4, -0.2) is 56.3 Å². The molecule has 0 saturated heterocycles. The van der Waals surface area contributed by atoms with Crippen LogP contribution in [0.5, 0.6) is 0 Å². The molecule has 0 aromatic rings. The average molecular weight is 422 g/mol. The molecule has 0 spiro atoms. The van der Waals surface area contributed by atoms with E-state index in [-0.39, 0.29) is 17.4 Å². The quantitative estimate of drug-likeness (QED) is 0.289. The average Bonchev–Trinajstić information content (AvgIpc) is 2.16. The zero-order valence-corrected chi connectivity index (χ0v) is 13.7. The molecule has 12 nitrogen and oxygen atoms in total. The van der Waals surface area contributed by atoms with E-state index in [2.05, 4.69) is 46.8 Å². The fraction of sp³-hybridized carbons (Fsp3) is 0. The van der Waals surface area contributed by atoms with Crippen molar-refractivity contribution < 1.29 is 50.1 Å². The first kappa shape index (κ1) is 28.2. The van der Waals surface area contributed by atoms with Crippen molar-refractivity contribution in [2.75, 3.05) is 0 Å². The third kappa shape index (κ3) is 54.9. The van der Waals surface area contributed by atoms with Gasteiger partial charge in [0.05, 0.1) is 35.6 Å². The molecule has 0 fully saturated rings. The summed E-state index contributed by atoms with van der Waals surface area (Å²) < 4.78 is 90.3. The second-order valence-corrected chi connectivity index (χ2v) is 5.38. The molecule has 0 aliphatic carbocycles. The van der Waals surface area contributed by atoms with Crippen LogP contribution in [0.2, 0.25) is 0 Å². The van der Waals surface area contributed by atoms with Crippen molar-refractivity contribution in [1.82, 2.24) is 0 Å². The predicted molar refractivity (Wildman–Crippen MR) is 55.7 cm³/mol. The molecule has 19 heteroatoms. The summed E-state index contributed by atoms with van der Waals surface area (Å²) >= 11 is 12.2. The summed E-state index contributed by atoms with van der Waals surface area (Å²) in [7, 11) is -13.9. The summed E-state index contributed by atoms with van der Waals surface area (Å²) in [6.45, 7) is 0. The minimum atomic E-state index is -4.65. The third-order valence-electron chi connectivity index (χ3n) is 0.231. The van der Waals surface area contributed by atoms with Gasteiger partial charge in [-0.25, -0.2) is 25.3 Å². The maximum absolute atomic E-state index is 9.09. The Balaban J connectivity index is -0.0000000865. The van der Waals surface area contributed by atoms with Crippen molar-refractivity contribution in [3.63, 3.8) is 0 Å². The molecule has 0 aliphatic heterocycles. The molecule has 0 radical (unpaired) electrons. The number of halogens is 3. The van der Waals surface area contributed by atoms with Gasteiger partial charge in [-0.15, -0.1) is 0 Å². The molecule has 0 heterocycles. The maximum atomic E-state index is 9.09.